The third-order valence-electron chi connectivity index (χ3n) is 6.36. The largest absolute Gasteiger partial charge is 0.465 e. The van der Waals surface area contributed by atoms with Crippen molar-refractivity contribution >= 4 is 17.6 Å². The second-order valence-electron chi connectivity index (χ2n) is 9.23. The van der Waals surface area contributed by atoms with Crippen LogP contribution in [0.15, 0.2) is 40.8 Å². The molecule has 2 atom stereocenters. The highest BCUT2D eigenvalue weighted by Crippen LogP contribution is 2.47. The van der Waals surface area contributed by atoms with Crippen LogP contribution in [-0.4, -0.2) is 49.6 Å². The zero-order valence-corrected chi connectivity index (χ0v) is 20.9. The highest BCUT2D eigenvalue weighted by Gasteiger charge is 2.61. The fourth-order valence-corrected chi connectivity index (χ4v) is 4.29. The van der Waals surface area contributed by atoms with Gasteiger partial charge < -0.3 is 19.4 Å². The third kappa shape index (κ3) is 6.48. The van der Waals surface area contributed by atoms with Gasteiger partial charge in [0.2, 0.25) is 5.60 Å². The number of aliphatic hydroxyl groups is 1. The third-order valence-corrected chi connectivity index (χ3v) is 6.36. The quantitative estimate of drug-likeness (QED) is 0.326. The minimum Gasteiger partial charge on any atom is -0.465 e. The summed E-state index contributed by atoms with van der Waals surface area (Å²) >= 11 is 0. The Bertz CT molecular complexity index is 1410. The van der Waals surface area contributed by atoms with Crippen LogP contribution in [0, 0.1) is 0 Å². The van der Waals surface area contributed by atoms with Gasteiger partial charge in [-0.05, 0) is 37.3 Å². The number of nitrogens with zero attached hydrogens (tertiary/aromatic N) is 3. The number of hydrogen-bond acceptors (Lipinski definition) is 8. The second-order valence-corrected chi connectivity index (χ2v) is 9.23. The van der Waals surface area contributed by atoms with Gasteiger partial charge in [-0.1, -0.05) is 30.3 Å². The molecule has 0 radical (unpaired) electrons. The summed E-state index contributed by atoms with van der Waals surface area (Å²) in [4.78, 5) is 27.7. The highest BCUT2D eigenvalue weighted by molar-refractivity contribution is 5.98. The summed E-state index contributed by atoms with van der Waals surface area (Å²) in [5.74, 6) is -3.16. The Morgan fingerprint density at radius 3 is 2.44 bits per heavy atom. The molecule has 41 heavy (non-hydrogen) atoms. The van der Waals surface area contributed by atoms with Crippen LogP contribution in [0.25, 0.3) is 11.6 Å². The number of nitrogens with one attached hydrogen (secondary N) is 1. The molecular formula is C25H22F6N4O6. The van der Waals surface area contributed by atoms with E-state index in [-0.39, 0.29) is 18.9 Å². The van der Waals surface area contributed by atoms with Crippen molar-refractivity contribution in [1.29, 1.82) is 0 Å². The number of amides is 1. The molecular weight excluding hydrogens is 566 g/mol. The van der Waals surface area contributed by atoms with Gasteiger partial charge in [-0.2, -0.15) is 26.3 Å². The van der Waals surface area contributed by atoms with Gasteiger partial charge in [-0.3, -0.25) is 10.1 Å². The number of carbonyl (C=O) groups excluding carboxylic acids is 1. The van der Waals surface area contributed by atoms with Crippen molar-refractivity contribution in [2.45, 2.75) is 62.8 Å². The number of aromatic nitrogens is 3. The standard InChI is InChI=1S/C25H22F6N4O6/c26-24(27,28)15-11-16(32-22(38)39)19-20-34-35-21(41-20)23(25(29,30)31,40-12-13-5-2-1-3-6-13)10-9-14(36)7-4-8-17(37)18(15)33-19/h1-3,5-6,11,14,32,36H,4,7-10,12H2,(H,38,39). The molecule has 0 saturated heterocycles. The molecule has 1 amide bonds. The fourth-order valence-electron chi connectivity index (χ4n) is 4.29. The number of carbonyl (C=O) groups is 2. The Morgan fingerprint density at radius 1 is 1.10 bits per heavy atom. The Balaban J connectivity index is 1.93. The first-order chi connectivity index (χ1) is 19.2. The van der Waals surface area contributed by atoms with Crippen molar-refractivity contribution in [3.63, 3.8) is 0 Å². The molecule has 3 N–H and O–H groups in total. The van der Waals surface area contributed by atoms with Gasteiger partial charge in [0.1, 0.15) is 5.69 Å². The first-order valence-corrected chi connectivity index (χ1v) is 12.1. The number of ketones is 1. The normalized spacial score (nSPS) is 20.4. The van der Waals surface area contributed by atoms with Gasteiger partial charge in [-0.25, -0.2) is 9.78 Å². The average molecular weight is 588 g/mol. The van der Waals surface area contributed by atoms with Crippen molar-refractivity contribution in [3.8, 4) is 11.6 Å². The number of halogens is 6. The number of fused-ring (bicyclic) bond motifs is 5. The van der Waals surface area contributed by atoms with E-state index in [1.54, 1.807) is 23.5 Å². The number of anilines is 1. The summed E-state index contributed by atoms with van der Waals surface area (Å²) in [5, 5.41) is 28.2. The lowest BCUT2D eigenvalue weighted by Crippen LogP contribution is -2.45. The summed E-state index contributed by atoms with van der Waals surface area (Å²) in [7, 11) is 0. The van der Waals surface area contributed by atoms with Gasteiger partial charge >= 0.3 is 18.4 Å². The maximum absolute atomic E-state index is 14.8. The van der Waals surface area contributed by atoms with E-state index < -0.39 is 96.2 Å². The smallest absolute Gasteiger partial charge is 0.426 e. The molecule has 2 unspecified atom stereocenters. The number of aliphatic hydroxyl groups excluding tert-OH is 1. The van der Waals surface area contributed by atoms with E-state index in [4.69, 9.17) is 9.15 Å². The van der Waals surface area contributed by atoms with E-state index in [9.17, 15) is 46.1 Å². The van der Waals surface area contributed by atoms with Crippen LogP contribution < -0.4 is 5.32 Å². The number of benzene rings is 1. The minimum atomic E-state index is -5.20. The minimum absolute atomic E-state index is 0.175. The number of ether oxygens (including phenoxy) is 1. The molecule has 220 valence electrons. The van der Waals surface area contributed by atoms with Gasteiger partial charge in [0.05, 0.1) is 24.0 Å². The Morgan fingerprint density at radius 2 is 1.80 bits per heavy atom. The number of pyridine rings is 1. The zero-order chi connectivity index (χ0) is 30.0. The average Bonchev–Trinajstić information content (AvgIpc) is 3.37. The monoisotopic (exact) mass is 588 g/mol. The maximum Gasteiger partial charge on any atom is 0.426 e. The molecule has 3 heterocycles. The molecule has 0 fully saturated rings. The summed E-state index contributed by atoms with van der Waals surface area (Å²) in [6, 6.07) is 8.09. The summed E-state index contributed by atoms with van der Waals surface area (Å²) in [6.07, 6.45) is -15.9. The van der Waals surface area contributed by atoms with E-state index in [1.165, 1.54) is 12.1 Å². The SMILES string of the molecule is O=C(O)Nc1cc(C(F)(F)F)c2nc1-c1nnc(o1)C(OCc1ccccc1)(C(F)(F)F)CCC(O)CCCC2=O. The van der Waals surface area contributed by atoms with Crippen molar-refractivity contribution in [2.24, 2.45) is 0 Å². The maximum atomic E-state index is 14.8. The molecule has 0 spiro atoms. The second kappa shape index (κ2) is 11.4. The van der Waals surface area contributed by atoms with Crippen molar-refractivity contribution in [1.82, 2.24) is 15.2 Å². The number of Topliss-reactive ketones (excluding diaryl/α,β-unsaturated/α-hetero) is 1. The van der Waals surface area contributed by atoms with Crippen LogP contribution in [0.1, 0.15) is 59.6 Å². The highest BCUT2D eigenvalue weighted by atomic mass is 19.4. The molecule has 4 bridgehead atoms. The molecule has 10 nitrogen and oxygen atoms in total. The van der Waals surface area contributed by atoms with Crippen molar-refractivity contribution in [3.05, 3.63) is 59.1 Å². The van der Waals surface area contributed by atoms with Crippen LogP contribution >= 0.6 is 0 Å². The van der Waals surface area contributed by atoms with Crippen molar-refractivity contribution < 1.29 is 55.3 Å². The molecule has 1 aromatic carbocycles. The molecule has 0 aliphatic carbocycles. The van der Waals surface area contributed by atoms with E-state index in [0.29, 0.717) is 5.56 Å². The lowest BCUT2D eigenvalue weighted by Gasteiger charge is -2.33. The predicted octanol–water partition coefficient (Wildman–Crippen LogP) is 5.72. The first-order valence-electron chi connectivity index (χ1n) is 12.1. The number of hydrogen-bond donors (Lipinski definition) is 3. The molecule has 2 aromatic heterocycles. The Labute approximate surface area is 227 Å². The van der Waals surface area contributed by atoms with Gasteiger partial charge in [0, 0.05) is 6.42 Å². The van der Waals surface area contributed by atoms with Crippen LogP contribution in [-0.2, 0) is 23.1 Å². The van der Waals surface area contributed by atoms with Crippen molar-refractivity contribution in [2.75, 3.05) is 5.32 Å². The van der Waals surface area contributed by atoms with E-state index in [1.807, 2.05) is 0 Å². The molecule has 16 heteroatoms. The number of rotatable bonds is 4. The van der Waals surface area contributed by atoms with E-state index in [0.717, 1.165) is 0 Å². The first kappa shape index (κ1) is 29.9. The summed E-state index contributed by atoms with van der Waals surface area (Å²) in [5.41, 5.74) is -7.28. The Kier molecular flexibility index (Phi) is 8.35. The van der Waals surface area contributed by atoms with Gasteiger partial charge in [0.15, 0.2) is 11.5 Å². The number of carboxylic acid groups (broad SMARTS) is 1. The predicted molar refractivity (Wildman–Crippen MR) is 127 cm³/mol. The van der Waals surface area contributed by atoms with E-state index in [2.05, 4.69) is 15.2 Å². The molecule has 1 aliphatic heterocycles. The molecule has 3 aromatic rings. The van der Waals surface area contributed by atoms with E-state index >= 15 is 0 Å². The number of alkyl halides is 6. The van der Waals surface area contributed by atoms with Crippen LogP contribution in [0.5, 0.6) is 0 Å². The van der Waals surface area contributed by atoms with Gasteiger partial charge in [-0.15, -0.1) is 10.2 Å². The lowest BCUT2D eigenvalue weighted by atomic mass is 9.92. The van der Waals surface area contributed by atoms with Crippen LogP contribution in [0.2, 0.25) is 0 Å². The zero-order valence-electron chi connectivity index (χ0n) is 20.9. The topological polar surface area (TPSA) is 148 Å². The molecule has 4 rings (SSSR count). The summed E-state index contributed by atoms with van der Waals surface area (Å²) < 4.78 is 96.5. The lowest BCUT2D eigenvalue weighted by molar-refractivity contribution is -0.300. The summed E-state index contributed by atoms with van der Waals surface area (Å²) in [6.45, 7) is -0.572. The van der Waals surface area contributed by atoms with Gasteiger partial charge in [0.25, 0.3) is 11.8 Å². The van der Waals surface area contributed by atoms with Crippen LogP contribution in [0.4, 0.5) is 36.8 Å². The Hall–Kier alpha value is -4.05. The molecule has 1 aliphatic rings. The van der Waals surface area contributed by atoms with Crippen LogP contribution in [0.3, 0.4) is 0 Å². The fraction of sp³-hybridized carbons (Fsp3) is 0.400. The molecule has 0 saturated carbocycles.